The van der Waals surface area contributed by atoms with Crippen LogP contribution in [-0.2, 0) is 4.74 Å². The van der Waals surface area contributed by atoms with E-state index in [1.807, 2.05) is 45.0 Å². The first-order valence-corrected chi connectivity index (χ1v) is 8.05. The number of amides is 1. The van der Waals surface area contributed by atoms with Gasteiger partial charge in [-0.05, 0) is 45.4 Å². The molecule has 0 saturated carbocycles. The first kappa shape index (κ1) is 18.8. The van der Waals surface area contributed by atoms with E-state index in [2.05, 4.69) is 21.2 Å². The second-order valence-corrected chi connectivity index (χ2v) is 6.94. The minimum atomic E-state index is -0.525. The first-order chi connectivity index (χ1) is 10.3. The number of carbonyl (C=O) groups is 1. The Hall–Kier alpha value is -1.27. The van der Waals surface area contributed by atoms with Crippen molar-refractivity contribution in [3.05, 3.63) is 28.7 Å². The van der Waals surface area contributed by atoms with Crippen molar-refractivity contribution in [2.45, 2.75) is 32.8 Å². The molecule has 1 aromatic carbocycles. The Morgan fingerprint density at radius 2 is 2.14 bits per heavy atom. The van der Waals surface area contributed by atoms with Gasteiger partial charge in [0.05, 0.1) is 6.61 Å². The minimum Gasteiger partial charge on any atom is -0.494 e. The van der Waals surface area contributed by atoms with Crippen molar-refractivity contribution in [2.75, 3.05) is 19.8 Å². The Bertz CT molecular complexity index is 473. The molecular weight excluding hydrogens is 350 g/mol. The Balaban J connectivity index is 2.29. The van der Waals surface area contributed by atoms with E-state index in [0.717, 1.165) is 10.2 Å². The predicted octanol–water partition coefficient (Wildman–Crippen LogP) is 3.35. The highest BCUT2D eigenvalue weighted by Gasteiger charge is 2.17. The van der Waals surface area contributed by atoms with Crippen molar-refractivity contribution < 1.29 is 19.4 Å². The van der Waals surface area contributed by atoms with E-state index < -0.39 is 11.7 Å². The summed E-state index contributed by atoms with van der Waals surface area (Å²) in [6.07, 6.45) is 0.164. The Kier molecular flexibility index (Phi) is 7.68. The van der Waals surface area contributed by atoms with E-state index in [9.17, 15) is 9.90 Å². The van der Waals surface area contributed by atoms with Gasteiger partial charge in [0.2, 0.25) is 0 Å². The zero-order valence-electron chi connectivity index (χ0n) is 13.3. The summed E-state index contributed by atoms with van der Waals surface area (Å²) in [7, 11) is 0. The molecule has 0 fully saturated rings. The van der Waals surface area contributed by atoms with Crippen LogP contribution in [0.4, 0.5) is 4.79 Å². The third kappa shape index (κ3) is 8.24. The van der Waals surface area contributed by atoms with Crippen LogP contribution >= 0.6 is 15.9 Å². The summed E-state index contributed by atoms with van der Waals surface area (Å²) in [5, 5.41) is 12.0. The molecule has 6 heteroatoms. The molecule has 1 rings (SSSR count). The lowest BCUT2D eigenvalue weighted by atomic mass is 10.1. The largest absolute Gasteiger partial charge is 0.494 e. The molecular formula is C16H24BrNO4. The van der Waals surface area contributed by atoms with Crippen LogP contribution in [-0.4, -0.2) is 36.6 Å². The van der Waals surface area contributed by atoms with Gasteiger partial charge in [0, 0.05) is 23.5 Å². The van der Waals surface area contributed by atoms with Crippen molar-refractivity contribution in [3.63, 3.8) is 0 Å². The monoisotopic (exact) mass is 373 g/mol. The number of carbonyl (C=O) groups excluding carboxylic acids is 1. The Morgan fingerprint density at radius 3 is 2.73 bits per heavy atom. The molecule has 1 amide bonds. The highest BCUT2D eigenvalue weighted by Crippen LogP contribution is 2.18. The fraction of sp³-hybridized carbons (Fsp3) is 0.562. The number of aliphatic hydroxyl groups excluding tert-OH is 1. The normalized spacial score (nSPS) is 12.6. The van der Waals surface area contributed by atoms with Gasteiger partial charge >= 0.3 is 6.09 Å². The van der Waals surface area contributed by atoms with E-state index in [0.29, 0.717) is 19.6 Å². The van der Waals surface area contributed by atoms with Gasteiger partial charge in [-0.1, -0.05) is 22.0 Å². The highest BCUT2D eigenvalue weighted by atomic mass is 79.9. The summed E-state index contributed by atoms with van der Waals surface area (Å²) in [6, 6.07) is 7.58. The topological polar surface area (TPSA) is 67.8 Å². The third-order valence-electron chi connectivity index (χ3n) is 2.78. The minimum absolute atomic E-state index is 0.0162. The first-order valence-electron chi connectivity index (χ1n) is 7.26. The number of ether oxygens (including phenoxy) is 2. The van der Waals surface area contributed by atoms with Crippen molar-refractivity contribution in [1.82, 2.24) is 5.32 Å². The smallest absolute Gasteiger partial charge is 0.407 e. The quantitative estimate of drug-likeness (QED) is 0.768. The van der Waals surface area contributed by atoms with Crippen LogP contribution in [0.5, 0.6) is 5.75 Å². The van der Waals surface area contributed by atoms with E-state index >= 15 is 0 Å². The maximum absolute atomic E-state index is 11.6. The maximum Gasteiger partial charge on any atom is 0.407 e. The number of hydrogen-bond acceptors (Lipinski definition) is 4. The maximum atomic E-state index is 11.6. The van der Waals surface area contributed by atoms with Crippen molar-refractivity contribution >= 4 is 22.0 Å². The van der Waals surface area contributed by atoms with Gasteiger partial charge < -0.3 is 19.9 Å². The molecule has 22 heavy (non-hydrogen) atoms. The molecule has 2 N–H and O–H groups in total. The molecule has 0 saturated heterocycles. The molecule has 0 aliphatic heterocycles. The van der Waals surface area contributed by atoms with Crippen LogP contribution in [0.25, 0.3) is 0 Å². The molecule has 0 radical (unpaired) electrons. The number of benzene rings is 1. The van der Waals surface area contributed by atoms with Gasteiger partial charge in [0.1, 0.15) is 11.4 Å². The number of nitrogens with one attached hydrogen (secondary N) is 1. The van der Waals surface area contributed by atoms with Gasteiger partial charge in [-0.2, -0.15) is 0 Å². The van der Waals surface area contributed by atoms with Gasteiger partial charge in [-0.3, -0.25) is 0 Å². The average molecular weight is 374 g/mol. The molecule has 0 spiro atoms. The van der Waals surface area contributed by atoms with Crippen molar-refractivity contribution in [2.24, 2.45) is 5.92 Å². The Labute approximate surface area is 140 Å². The van der Waals surface area contributed by atoms with Crippen molar-refractivity contribution in [1.29, 1.82) is 0 Å². The van der Waals surface area contributed by atoms with Gasteiger partial charge in [-0.25, -0.2) is 4.79 Å². The lowest BCUT2D eigenvalue weighted by Crippen LogP contribution is -2.36. The predicted molar refractivity (Wildman–Crippen MR) is 89.1 cm³/mol. The fourth-order valence-electron chi connectivity index (χ4n) is 1.70. The number of aliphatic hydroxyl groups is 1. The molecule has 1 unspecified atom stereocenters. The number of halogens is 1. The number of rotatable bonds is 7. The van der Waals surface area contributed by atoms with Crippen LogP contribution in [0.15, 0.2) is 28.7 Å². The summed E-state index contributed by atoms with van der Waals surface area (Å²) in [5.41, 5.74) is -0.525. The third-order valence-corrected chi connectivity index (χ3v) is 3.28. The molecule has 124 valence electrons. The van der Waals surface area contributed by atoms with Crippen LogP contribution in [0.3, 0.4) is 0 Å². The summed E-state index contributed by atoms with van der Waals surface area (Å²) < 4.78 is 11.7. The second-order valence-electron chi connectivity index (χ2n) is 6.03. The average Bonchev–Trinajstić information content (AvgIpc) is 2.40. The molecule has 0 bridgehead atoms. The molecule has 0 aromatic heterocycles. The zero-order valence-corrected chi connectivity index (χ0v) is 14.9. The SMILES string of the molecule is CC(C)(C)OC(=O)NCC(CO)CCOc1cccc(Br)c1. The highest BCUT2D eigenvalue weighted by molar-refractivity contribution is 9.10. The Morgan fingerprint density at radius 1 is 1.41 bits per heavy atom. The zero-order chi connectivity index (χ0) is 16.6. The summed E-state index contributed by atoms with van der Waals surface area (Å²) in [6.45, 7) is 6.23. The van der Waals surface area contributed by atoms with Crippen LogP contribution in [0, 0.1) is 5.92 Å². The lowest BCUT2D eigenvalue weighted by Gasteiger charge is -2.21. The van der Waals surface area contributed by atoms with Crippen LogP contribution < -0.4 is 10.1 Å². The van der Waals surface area contributed by atoms with E-state index in [4.69, 9.17) is 9.47 Å². The summed E-state index contributed by atoms with van der Waals surface area (Å²) in [5.74, 6) is 0.700. The molecule has 1 aromatic rings. The van der Waals surface area contributed by atoms with Gasteiger partial charge in [0.25, 0.3) is 0 Å². The summed E-state index contributed by atoms with van der Waals surface area (Å²) in [4.78, 5) is 11.6. The summed E-state index contributed by atoms with van der Waals surface area (Å²) >= 11 is 3.38. The van der Waals surface area contributed by atoms with Crippen molar-refractivity contribution in [3.8, 4) is 5.75 Å². The molecule has 0 aliphatic carbocycles. The van der Waals surface area contributed by atoms with Crippen LogP contribution in [0.2, 0.25) is 0 Å². The number of hydrogen-bond donors (Lipinski definition) is 2. The van der Waals surface area contributed by atoms with Gasteiger partial charge in [0.15, 0.2) is 0 Å². The van der Waals surface area contributed by atoms with E-state index in [1.54, 1.807) is 0 Å². The lowest BCUT2D eigenvalue weighted by molar-refractivity contribution is 0.0508. The molecule has 0 aliphatic rings. The van der Waals surface area contributed by atoms with E-state index in [-0.39, 0.29) is 12.5 Å². The standard InChI is InChI=1S/C16H24BrNO4/c1-16(2,3)22-15(20)18-10-12(11-19)7-8-21-14-6-4-5-13(17)9-14/h4-6,9,12,19H,7-8,10-11H2,1-3H3,(H,18,20). The second kappa shape index (κ2) is 9.00. The fourth-order valence-corrected chi connectivity index (χ4v) is 2.08. The molecule has 0 heterocycles. The molecule has 5 nitrogen and oxygen atoms in total. The van der Waals surface area contributed by atoms with Crippen LogP contribution in [0.1, 0.15) is 27.2 Å². The number of alkyl carbamates (subject to hydrolysis) is 1. The van der Waals surface area contributed by atoms with E-state index in [1.165, 1.54) is 0 Å². The van der Waals surface area contributed by atoms with Gasteiger partial charge in [-0.15, -0.1) is 0 Å². The molecule has 1 atom stereocenters.